The fourth-order valence-electron chi connectivity index (χ4n) is 1.77. The first-order valence-electron chi connectivity index (χ1n) is 5.94. The third kappa shape index (κ3) is 2.75. The summed E-state index contributed by atoms with van der Waals surface area (Å²) in [4.78, 5) is 6.72. The lowest BCUT2D eigenvalue weighted by atomic mass is 10.2. The van der Waals surface area contributed by atoms with Crippen molar-refractivity contribution in [3.05, 3.63) is 5.82 Å². The van der Waals surface area contributed by atoms with Crippen LogP contribution in [0, 0.1) is 0 Å². The zero-order chi connectivity index (χ0) is 12.4. The van der Waals surface area contributed by atoms with Gasteiger partial charge in [0.05, 0.1) is 25.4 Å². The summed E-state index contributed by atoms with van der Waals surface area (Å²) >= 11 is 1.43. The molecule has 1 fully saturated rings. The maximum atomic E-state index is 9.15. The summed E-state index contributed by atoms with van der Waals surface area (Å²) in [6.07, 6.45) is -0.113. The molecule has 1 aromatic heterocycles. The molecule has 5 nitrogen and oxygen atoms in total. The smallest absolute Gasteiger partial charge is 0.205 e. The van der Waals surface area contributed by atoms with Crippen LogP contribution < -0.4 is 4.90 Å². The van der Waals surface area contributed by atoms with E-state index in [1.54, 1.807) is 0 Å². The molecule has 0 spiro atoms. The summed E-state index contributed by atoms with van der Waals surface area (Å²) in [6.45, 7) is 7.64. The standard InChI is InChI=1S/C11H19N3O2S/c1-7(2)10-12-11(17-13-10)14-4-9(5-15)16-6-8(14)3/h7-9,15H,4-6H2,1-3H3. The minimum absolute atomic E-state index is 0.0546. The van der Waals surface area contributed by atoms with E-state index in [4.69, 9.17) is 9.84 Å². The highest BCUT2D eigenvalue weighted by Crippen LogP contribution is 2.25. The maximum Gasteiger partial charge on any atom is 0.205 e. The van der Waals surface area contributed by atoms with Crippen molar-refractivity contribution in [2.24, 2.45) is 0 Å². The molecule has 2 rings (SSSR count). The van der Waals surface area contributed by atoms with Gasteiger partial charge in [0.2, 0.25) is 5.13 Å². The lowest BCUT2D eigenvalue weighted by molar-refractivity contribution is -0.0103. The SMILES string of the molecule is CC(C)c1nsc(N2CC(CO)OCC2C)n1. The van der Waals surface area contributed by atoms with Crippen LogP contribution in [0.25, 0.3) is 0 Å². The van der Waals surface area contributed by atoms with Crippen LogP contribution in [0.4, 0.5) is 5.13 Å². The molecule has 2 unspecified atom stereocenters. The second-order valence-electron chi connectivity index (χ2n) is 4.73. The minimum Gasteiger partial charge on any atom is -0.394 e. The van der Waals surface area contributed by atoms with Gasteiger partial charge in [-0.25, -0.2) is 4.98 Å². The first-order chi connectivity index (χ1) is 8.11. The van der Waals surface area contributed by atoms with Gasteiger partial charge in [-0.15, -0.1) is 0 Å². The van der Waals surface area contributed by atoms with Crippen molar-refractivity contribution in [3.63, 3.8) is 0 Å². The Kier molecular flexibility index (Phi) is 3.96. The quantitative estimate of drug-likeness (QED) is 0.883. The Hall–Kier alpha value is -0.720. The van der Waals surface area contributed by atoms with Crippen LogP contribution in [0.3, 0.4) is 0 Å². The summed E-state index contributed by atoms with van der Waals surface area (Å²) in [5.74, 6) is 1.24. The molecular weight excluding hydrogens is 238 g/mol. The van der Waals surface area contributed by atoms with Gasteiger partial charge in [-0.2, -0.15) is 4.37 Å². The Morgan fingerprint density at radius 3 is 2.94 bits per heavy atom. The molecule has 2 heterocycles. The van der Waals surface area contributed by atoms with Gasteiger partial charge < -0.3 is 14.7 Å². The summed E-state index contributed by atoms with van der Waals surface area (Å²) in [5, 5.41) is 10.1. The number of ether oxygens (including phenoxy) is 1. The molecule has 0 saturated carbocycles. The highest BCUT2D eigenvalue weighted by molar-refractivity contribution is 7.09. The number of aliphatic hydroxyl groups is 1. The fourth-order valence-corrected chi connectivity index (χ4v) is 2.69. The van der Waals surface area contributed by atoms with E-state index in [1.807, 2.05) is 0 Å². The number of aliphatic hydroxyl groups excluding tert-OH is 1. The number of morpholine rings is 1. The molecule has 1 aromatic rings. The van der Waals surface area contributed by atoms with Crippen LogP contribution in [0.1, 0.15) is 32.5 Å². The number of rotatable bonds is 3. The van der Waals surface area contributed by atoms with Crippen molar-refractivity contribution in [2.45, 2.75) is 38.8 Å². The molecule has 96 valence electrons. The Morgan fingerprint density at radius 2 is 2.35 bits per heavy atom. The molecule has 1 aliphatic rings. The van der Waals surface area contributed by atoms with E-state index < -0.39 is 0 Å². The second-order valence-corrected chi connectivity index (χ2v) is 5.46. The van der Waals surface area contributed by atoms with E-state index in [9.17, 15) is 0 Å². The second kappa shape index (κ2) is 5.29. The number of hydrogen-bond acceptors (Lipinski definition) is 6. The molecule has 6 heteroatoms. The minimum atomic E-state index is -0.113. The van der Waals surface area contributed by atoms with E-state index in [-0.39, 0.29) is 18.8 Å². The zero-order valence-corrected chi connectivity index (χ0v) is 11.3. The van der Waals surface area contributed by atoms with Crippen LogP contribution >= 0.6 is 11.5 Å². The molecular formula is C11H19N3O2S. The number of hydrogen-bond donors (Lipinski definition) is 1. The lowest BCUT2D eigenvalue weighted by Crippen LogP contribution is -2.49. The molecule has 17 heavy (non-hydrogen) atoms. The normalized spacial score (nSPS) is 25.6. The average Bonchev–Trinajstić information content (AvgIpc) is 2.79. The lowest BCUT2D eigenvalue weighted by Gasteiger charge is -2.36. The topological polar surface area (TPSA) is 58.5 Å². The number of nitrogens with zero attached hydrogens (tertiary/aromatic N) is 3. The predicted octanol–water partition coefficient (Wildman–Crippen LogP) is 1.25. The van der Waals surface area contributed by atoms with Crippen molar-refractivity contribution in [3.8, 4) is 0 Å². The molecule has 0 radical (unpaired) electrons. The molecule has 0 amide bonds. The van der Waals surface area contributed by atoms with Crippen LogP contribution in [0.2, 0.25) is 0 Å². The van der Waals surface area contributed by atoms with E-state index in [1.165, 1.54) is 11.5 Å². The highest BCUT2D eigenvalue weighted by atomic mass is 32.1. The summed E-state index contributed by atoms with van der Waals surface area (Å²) in [6, 6.07) is 0.283. The summed E-state index contributed by atoms with van der Waals surface area (Å²) in [7, 11) is 0. The highest BCUT2D eigenvalue weighted by Gasteiger charge is 2.28. The predicted molar refractivity (Wildman–Crippen MR) is 67.6 cm³/mol. The molecule has 2 atom stereocenters. The van der Waals surface area contributed by atoms with Crippen LogP contribution in [-0.4, -0.2) is 46.4 Å². The van der Waals surface area contributed by atoms with Gasteiger partial charge in [0.15, 0.2) is 0 Å². The van der Waals surface area contributed by atoms with E-state index in [0.29, 0.717) is 19.1 Å². The van der Waals surface area contributed by atoms with E-state index in [0.717, 1.165) is 11.0 Å². The van der Waals surface area contributed by atoms with Crippen molar-refractivity contribution < 1.29 is 9.84 Å². The molecule has 1 aliphatic heterocycles. The van der Waals surface area contributed by atoms with Crippen LogP contribution in [-0.2, 0) is 4.74 Å². The van der Waals surface area contributed by atoms with Crippen molar-refractivity contribution in [1.82, 2.24) is 9.36 Å². The Morgan fingerprint density at radius 1 is 1.59 bits per heavy atom. The van der Waals surface area contributed by atoms with Crippen LogP contribution in [0.5, 0.6) is 0 Å². The summed E-state index contributed by atoms with van der Waals surface area (Å²) < 4.78 is 9.87. The average molecular weight is 257 g/mol. The van der Waals surface area contributed by atoms with Gasteiger partial charge in [-0.05, 0) is 6.92 Å². The Bertz CT molecular complexity index is 369. The van der Waals surface area contributed by atoms with Gasteiger partial charge in [-0.1, -0.05) is 13.8 Å². The first kappa shape index (κ1) is 12.7. The van der Waals surface area contributed by atoms with Crippen molar-refractivity contribution >= 4 is 16.7 Å². The first-order valence-corrected chi connectivity index (χ1v) is 6.72. The van der Waals surface area contributed by atoms with Gasteiger partial charge >= 0.3 is 0 Å². The van der Waals surface area contributed by atoms with Gasteiger partial charge in [0, 0.05) is 24.0 Å². The van der Waals surface area contributed by atoms with Gasteiger partial charge in [0.1, 0.15) is 5.82 Å². The zero-order valence-electron chi connectivity index (χ0n) is 10.5. The van der Waals surface area contributed by atoms with Gasteiger partial charge in [-0.3, -0.25) is 0 Å². The number of anilines is 1. The monoisotopic (exact) mass is 257 g/mol. The Labute approximate surface area is 106 Å². The largest absolute Gasteiger partial charge is 0.394 e. The molecule has 1 saturated heterocycles. The third-order valence-corrected chi connectivity index (χ3v) is 3.67. The van der Waals surface area contributed by atoms with Crippen molar-refractivity contribution in [1.29, 1.82) is 0 Å². The van der Waals surface area contributed by atoms with Crippen molar-refractivity contribution in [2.75, 3.05) is 24.7 Å². The number of aromatic nitrogens is 2. The Balaban J connectivity index is 2.13. The van der Waals surface area contributed by atoms with Crippen LogP contribution in [0.15, 0.2) is 0 Å². The third-order valence-electron chi connectivity index (χ3n) is 2.90. The fraction of sp³-hybridized carbons (Fsp3) is 0.818. The molecule has 0 aliphatic carbocycles. The van der Waals surface area contributed by atoms with E-state index in [2.05, 4.69) is 35.0 Å². The summed E-state index contributed by atoms with van der Waals surface area (Å²) in [5.41, 5.74) is 0. The molecule has 1 N–H and O–H groups in total. The molecule has 0 aromatic carbocycles. The maximum absolute atomic E-state index is 9.15. The van der Waals surface area contributed by atoms with Gasteiger partial charge in [0.25, 0.3) is 0 Å². The van der Waals surface area contributed by atoms with E-state index >= 15 is 0 Å². The molecule has 0 bridgehead atoms.